The third-order valence-electron chi connectivity index (χ3n) is 4.29. The Morgan fingerprint density at radius 2 is 2.00 bits per heavy atom. The molecule has 11 heteroatoms. The molecular formula is C17H23F3N4O4. The largest absolute Gasteiger partial charge is 0.490 e. The molecule has 2 heterocycles. The lowest BCUT2D eigenvalue weighted by atomic mass is 10.1. The van der Waals surface area contributed by atoms with E-state index in [1.807, 2.05) is 13.8 Å². The molecule has 8 nitrogen and oxygen atoms in total. The summed E-state index contributed by atoms with van der Waals surface area (Å²) in [5, 5.41) is 9.58. The van der Waals surface area contributed by atoms with Crippen molar-refractivity contribution in [2.75, 3.05) is 25.6 Å². The van der Waals surface area contributed by atoms with Crippen LogP contribution in [0.15, 0.2) is 0 Å². The summed E-state index contributed by atoms with van der Waals surface area (Å²) in [6, 6.07) is 0. The molecule has 0 aromatic carbocycles. The number of nitrogens with two attached hydrogens (primary N) is 1. The molecule has 0 saturated heterocycles. The molecule has 2 aromatic heterocycles. The van der Waals surface area contributed by atoms with Crippen molar-refractivity contribution in [2.24, 2.45) is 5.92 Å². The number of ether oxygens (including phenoxy) is 2. The fourth-order valence-electron chi connectivity index (χ4n) is 2.74. The second-order valence-corrected chi connectivity index (χ2v) is 6.33. The number of hydrogen-bond acceptors (Lipinski definition) is 7. The molecule has 0 radical (unpaired) electrons. The Morgan fingerprint density at radius 1 is 1.32 bits per heavy atom. The van der Waals surface area contributed by atoms with Gasteiger partial charge in [0.1, 0.15) is 17.9 Å². The quantitative estimate of drug-likeness (QED) is 0.646. The number of aliphatic hydroxyl groups is 1. The molecule has 0 aliphatic rings. The van der Waals surface area contributed by atoms with E-state index in [9.17, 15) is 23.1 Å². The van der Waals surface area contributed by atoms with E-state index >= 15 is 0 Å². The standard InChI is InChI=1S/C17H23F3N4O4/c1-4-27-8-12-23-13-14(9(2)10(3)22-15(13)21)24(12)5-11(6-25)7-28-16(26)17(18,19)20/h11,25H,4-8H2,1-3H3,(H2,21,22). The van der Waals surface area contributed by atoms with Crippen LogP contribution in [0.25, 0.3) is 11.0 Å². The van der Waals surface area contributed by atoms with Crippen molar-refractivity contribution in [1.29, 1.82) is 0 Å². The highest BCUT2D eigenvalue weighted by molar-refractivity contribution is 5.88. The van der Waals surface area contributed by atoms with E-state index in [1.54, 1.807) is 11.5 Å². The zero-order valence-corrected chi connectivity index (χ0v) is 15.8. The van der Waals surface area contributed by atoms with Crippen LogP contribution in [0.1, 0.15) is 24.0 Å². The van der Waals surface area contributed by atoms with Crippen LogP contribution < -0.4 is 5.73 Å². The smallest absolute Gasteiger partial charge is 0.459 e. The molecule has 1 atom stereocenters. The van der Waals surface area contributed by atoms with Crippen molar-refractivity contribution in [3.8, 4) is 0 Å². The van der Waals surface area contributed by atoms with Crippen LogP contribution in [0, 0.1) is 19.8 Å². The van der Waals surface area contributed by atoms with Crippen molar-refractivity contribution < 1.29 is 32.5 Å². The number of alkyl halides is 3. The number of pyridine rings is 1. The number of aliphatic hydroxyl groups excluding tert-OH is 1. The molecule has 3 N–H and O–H groups in total. The fourth-order valence-corrected chi connectivity index (χ4v) is 2.74. The number of nitrogen functional groups attached to an aromatic ring is 1. The number of aryl methyl sites for hydroxylation is 2. The number of carbonyl (C=O) groups excluding carboxylic acids is 1. The number of carbonyl (C=O) groups is 1. The van der Waals surface area contributed by atoms with Crippen LogP contribution in [0.5, 0.6) is 0 Å². The summed E-state index contributed by atoms with van der Waals surface area (Å²) in [5.74, 6) is -2.37. The number of rotatable bonds is 8. The van der Waals surface area contributed by atoms with Crippen LogP contribution in [0.2, 0.25) is 0 Å². The predicted molar refractivity (Wildman–Crippen MR) is 94.3 cm³/mol. The van der Waals surface area contributed by atoms with Gasteiger partial charge in [0.2, 0.25) is 0 Å². The molecule has 0 aliphatic carbocycles. The summed E-state index contributed by atoms with van der Waals surface area (Å²) in [7, 11) is 0. The maximum atomic E-state index is 12.3. The Balaban J connectivity index is 2.38. The molecular weight excluding hydrogens is 381 g/mol. The molecule has 2 aromatic rings. The summed E-state index contributed by atoms with van der Waals surface area (Å²) in [4.78, 5) is 19.7. The third kappa shape index (κ3) is 4.71. The number of esters is 1. The Hall–Kier alpha value is -2.40. The van der Waals surface area contributed by atoms with E-state index in [2.05, 4.69) is 14.7 Å². The summed E-state index contributed by atoms with van der Waals surface area (Å²) in [6.45, 7) is 4.96. The van der Waals surface area contributed by atoms with Crippen LogP contribution in [0.4, 0.5) is 19.0 Å². The first-order valence-corrected chi connectivity index (χ1v) is 8.64. The average Bonchev–Trinajstić information content (AvgIpc) is 2.99. The Labute approximate surface area is 159 Å². The molecule has 0 spiro atoms. The van der Waals surface area contributed by atoms with Crippen molar-refractivity contribution in [3.05, 3.63) is 17.1 Å². The molecule has 1 unspecified atom stereocenters. The van der Waals surface area contributed by atoms with Gasteiger partial charge in [-0.3, -0.25) is 0 Å². The zero-order chi connectivity index (χ0) is 21.1. The lowest BCUT2D eigenvalue weighted by Gasteiger charge is -2.19. The van der Waals surface area contributed by atoms with Gasteiger partial charge in [0, 0.05) is 24.8 Å². The third-order valence-corrected chi connectivity index (χ3v) is 4.29. The van der Waals surface area contributed by atoms with Gasteiger partial charge >= 0.3 is 12.1 Å². The summed E-state index contributed by atoms with van der Waals surface area (Å²) >= 11 is 0. The van der Waals surface area contributed by atoms with E-state index in [0.717, 1.165) is 5.56 Å². The normalized spacial score (nSPS) is 13.1. The highest BCUT2D eigenvalue weighted by Gasteiger charge is 2.41. The first kappa shape index (κ1) is 21.9. The van der Waals surface area contributed by atoms with Crippen molar-refractivity contribution in [3.63, 3.8) is 0 Å². The summed E-state index contributed by atoms with van der Waals surface area (Å²) < 4.78 is 48.5. The molecule has 156 valence electrons. The Kier molecular flexibility index (Phi) is 6.83. The molecule has 0 fully saturated rings. The van der Waals surface area contributed by atoms with Crippen LogP contribution in [-0.2, 0) is 27.4 Å². The first-order chi connectivity index (χ1) is 13.1. The summed E-state index contributed by atoms with van der Waals surface area (Å²) in [6.07, 6.45) is -5.09. The maximum absolute atomic E-state index is 12.3. The minimum atomic E-state index is -5.09. The van der Waals surface area contributed by atoms with Gasteiger partial charge in [0.15, 0.2) is 5.82 Å². The van der Waals surface area contributed by atoms with Gasteiger partial charge in [0.05, 0.1) is 18.7 Å². The van der Waals surface area contributed by atoms with E-state index < -0.39 is 31.3 Å². The van der Waals surface area contributed by atoms with Crippen LogP contribution >= 0.6 is 0 Å². The number of fused-ring (bicyclic) bond motifs is 1. The van der Waals surface area contributed by atoms with E-state index in [1.165, 1.54) is 0 Å². The number of aromatic nitrogens is 3. The lowest BCUT2D eigenvalue weighted by Crippen LogP contribution is -2.30. The van der Waals surface area contributed by atoms with Crippen molar-refractivity contribution in [2.45, 2.75) is 40.1 Å². The second-order valence-electron chi connectivity index (χ2n) is 6.33. The van der Waals surface area contributed by atoms with Gasteiger partial charge in [0.25, 0.3) is 0 Å². The molecule has 0 saturated carbocycles. The van der Waals surface area contributed by atoms with E-state index in [4.69, 9.17) is 10.5 Å². The van der Waals surface area contributed by atoms with Crippen molar-refractivity contribution in [1.82, 2.24) is 14.5 Å². The number of anilines is 1. The number of halogens is 3. The highest BCUT2D eigenvalue weighted by Crippen LogP contribution is 2.27. The lowest BCUT2D eigenvalue weighted by molar-refractivity contribution is -0.201. The molecule has 0 bridgehead atoms. The first-order valence-electron chi connectivity index (χ1n) is 8.64. The average molecular weight is 404 g/mol. The molecule has 28 heavy (non-hydrogen) atoms. The predicted octanol–water partition coefficient (Wildman–Crippen LogP) is 1.88. The van der Waals surface area contributed by atoms with Crippen LogP contribution in [-0.4, -0.2) is 51.6 Å². The maximum Gasteiger partial charge on any atom is 0.490 e. The van der Waals surface area contributed by atoms with Gasteiger partial charge in [-0.15, -0.1) is 0 Å². The van der Waals surface area contributed by atoms with Crippen molar-refractivity contribution >= 4 is 22.8 Å². The number of nitrogens with zero attached hydrogens (tertiary/aromatic N) is 3. The number of imidazole rings is 1. The van der Waals surface area contributed by atoms with Gasteiger partial charge < -0.3 is 24.9 Å². The highest BCUT2D eigenvalue weighted by atomic mass is 19.4. The minimum absolute atomic E-state index is 0.0598. The Bertz CT molecular complexity index is 851. The van der Waals surface area contributed by atoms with E-state index in [0.29, 0.717) is 29.2 Å². The van der Waals surface area contributed by atoms with Gasteiger partial charge in [-0.05, 0) is 26.3 Å². The molecule has 0 amide bonds. The zero-order valence-electron chi connectivity index (χ0n) is 15.8. The Morgan fingerprint density at radius 3 is 2.57 bits per heavy atom. The van der Waals surface area contributed by atoms with Gasteiger partial charge in [-0.25, -0.2) is 14.8 Å². The number of hydrogen-bond donors (Lipinski definition) is 2. The van der Waals surface area contributed by atoms with Gasteiger partial charge in [-0.2, -0.15) is 13.2 Å². The van der Waals surface area contributed by atoms with Crippen LogP contribution in [0.3, 0.4) is 0 Å². The summed E-state index contributed by atoms with van der Waals surface area (Å²) in [5.41, 5.74) is 8.55. The SMILES string of the molecule is CCOCc1nc2c(N)nc(C)c(C)c2n1CC(CO)COC(=O)C(F)(F)F. The fraction of sp³-hybridized carbons (Fsp3) is 0.588. The minimum Gasteiger partial charge on any atom is -0.459 e. The van der Waals surface area contributed by atoms with E-state index in [-0.39, 0.29) is 19.0 Å². The topological polar surface area (TPSA) is 112 Å². The van der Waals surface area contributed by atoms with Gasteiger partial charge in [-0.1, -0.05) is 0 Å². The molecule has 2 rings (SSSR count). The monoisotopic (exact) mass is 404 g/mol. The molecule has 0 aliphatic heterocycles. The second kappa shape index (κ2) is 8.74.